The van der Waals surface area contributed by atoms with Gasteiger partial charge in [0, 0.05) is 19.5 Å². The largest absolute Gasteiger partial charge is 0.492 e. The molecule has 0 saturated carbocycles. The van der Waals surface area contributed by atoms with E-state index in [0.29, 0.717) is 12.4 Å². The Hall–Kier alpha value is -2.27. The van der Waals surface area contributed by atoms with Crippen molar-refractivity contribution >= 4 is 5.97 Å². The van der Waals surface area contributed by atoms with Gasteiger partial charge in [0.15, 0.2) is 0 Å². The quantitative estimate of drug-likeness (QED) is 0.723. The summed E-state index contributed by atoms with van der Waals surface area (Å²) in [7, 11) is 0. The lowest BCUT2D eigenvalue weighted by atomic mass is 10.2. The van der Waals surface area contributed by atoms with E-state index in [1.807, 2.05) is 12.1 Å². The van der Waals surface area contributed by atoms with Crippen molar-refractivity contribution in [2.45, 2.75) is 6.42 Å². The molecular formula is C15H17NO4. The molecule has 2 N–H and O–H groups in total. The molecule has 0 aliphatic heterocycles. The van der Waals surface area contributed by atoms with Gasteiger partial charge in [0.05, 0.1) is 11.8 Å². The van der Waals surface area contributed by atoms with Crippen LogP contribution >= 0.6 is 0 Å². The molecule has 20 heavy (non-hydrogen) atoms. The fraction of sp³-hybridized carbons (Fsp3) is 0.267. The summed E-state index contributed by atoms with van der Waals surface area (Å²) in [6, 6.07) is 10.2. The molecule has 0 aliphatic rings. The van der Waals surface area contributed by atoms with Crippen LogP contribution in [0, 0.1) is 0 Å². The number of nitrogens with one attached hydrogen (secondary N) is 1. The number of rotatable bonds is 8. The Morgan fingerprint density at radius 2 is 2.00 bits per heavy atom. The lowest BCUT2D eigenvalue weighted by Crippen LogP contribution is -2.23. The second-order valence-corrected chi connectivity index (χ2v) is 4.26. The third-order valence-electron chi connectivity index (χ3n) is 2.78. The van der Waals surface area contributed by atoms with Crippen molar-refractivity contribution < 1.29 is 19.1 Å². The van der Waals surface area contributed by atoms with Crippen LogP contribution < -0.4 is 10.1 Å². The van der Waals surface area contributed by atoms with Gasteiger partial charge in [-0.15, -0.1) is 0 Å². The summed E-state index contributed by atoms with van der Waals surface area (Å²) in [6.07, 6.45) is 2.51. The van der Waals surface area contributed by atoms with Crippen LogP contribution in [0.2, 0.25) is 0 Å². The number of hydrogen-bond donors (Lipinski definition) is 2. The number of carboxylic acid groups (broad SMARTS) is 1. The zero-order chi connectivity index (χ0) is 14.2. The summed E-state index contributed by atoms with van der Waals surface area (Å²) in [5.41, 5.74) is 0.258. The SMILES string of the molecule is O=C(O)c1ccc(OCCNCCc2ccco2)cc1. The Labute approximate surface area is 117 Å². The number of hydrogen-bond acceptors (Lipinski definition) is 4. The van der Waals surface area contributed by atoms with Crippen molar-refractivity contribution in [2.24, 2.45) is 0 Å². The van der Waals surface area contributed by atoms with E-state index >= 15 is 0 Å². The van der Waals surface area contributed by atoms with Crippen LogP contribution in [0.15, 0.2) is 47.1 Å². The van der Waals surface area contributed by atoms with Crippen molar-refractivity contribution in [3.63, 3.8) is 0 Å². The standard InChI is InChI=1S/C15H17NO4/c17-15(18)12-3-5-14(6-4-12)20-11-9-16-8-7-13-2-1-10-19-13/h1-6,10,16H,7-9,11H2,(H,17,18). The van der Waals surface area contributed by atoms with E-state index in [9.17, 15) is 4.79 Å². The lowest BCUT2D eigenvalue weighted by molar-refractivity contribution is 0.0697. The predicted molar refractivity (Wildman–Crippen MR) is 74.2 cm³/mol. The highest BCUT2D eigenvalue weighted by Gasteiger charge is 2.01. The number of aromatic carboxylic acids is 1. The molecule has 0 spiro atoms. The normalized spacial score (nSPS) is 10.4. The molecule has 2 rings (SSSR count). The molecule has 0 aliphatic carbocycles. The van der Waals surface area contributed by atoms with Crippen LogP contribution in [0.4, 0.5) is 0 Å². The molecule has 0 amide bonds. The highest BCUT2D eigenvalue weighted by Crippen LogP contribution is 2.11. The molecule has 5 heteroatoms. The van der Waals surface area contributed by atoms with Crippen LogP contribution in [0.5, 0.6) is 5.75 Å². The first kappa shape index (κ1) is 14.1. The Kier molecular flexibility index (Phi) is 5.20. The van der Waals surface area contributed by atoms with Crippen molar-refractivity contribution in [3.05, 3.63) is 54.0 Å². The van der Waals surface area contributed by atoms with Crippen molar-refractivity contribution in [1.82, 2.24) is 5.32 Å². The number of furan rings is 1. The van der Waals surface area contributed by atoms with Crippen molar-refractivity contribution in [1.29, 1.82) is 0 Å². The third-order valence-corrected chi connectivity index (χ3v) is 2.78. The zero-order valence-corrected chi connectivity index (χ0v) is 11.0. The molecule has 0 atom stereocenters. The molecule has 0 bridgehead atoms. The molecule has 1 aromatic carbocycles. The first-order valence-electron chi connectivity index (χ1n) is 6.45. The molecule has 106 valence electrons. The number of benzene rings is 1. The van der Waals surface area contributed by atoms with Crippen molar-refractivity contribution in [3.8, 4) is 5.75 Å². The second-order valence-electron chi connectivity index (χ2n) is 4.26. The predicted octanol–water partition coefficient (Wildman–Crippen LogP) is 2.19. The summed E-state index contributed by atoms with van der Waals surface area (Å²) in [4.78, 5) is 10.7. The molecule has 1 heterocycles. The minimum absolute atomic E-state index is 0.258. The van der Waals surface area contributed by atoms with Gasteiger partial charge in [0.1, 0.15) is 18.1 Å². The number of ether oxygens (including phenoxy) is 1. The Balaban J connectivity index is 1.59. The van der Waals surface area contributed by atoms with Gasteiger partial charge in [-0.05, 0) is 36.4 Å². The van der Waals surface area contributed by atoms with Gasteiger partial charge in [-0.1, -0.05) is 0 Å². The molecule has 0 radical (unpaired) electrons. The number of carboxylic acids is 1. The Bertz CT molecular complexity index is 519. The average Bonchev–Trinajstić information content (AvgIpc) is 2.96. The molecule has 2 aromatic rings. The maximum absolute atomic E-state index is 10.7. The van der Waals surface area contributed by atoms with Crippen molar-refractivity contribution in [2.75, 3.05) is 19.7 Å². The third kappa shape index (κ3) is 4.44. The number of carbonyl (C=O) groups is 1. The molecular weight excluding hydrogens is 258 g/mol. The van der Waals surface area contributed by atoms with Gasteiger partial charge in [-0.3, -0.25) is 0 Å². The summed E-state index contributed by atoms with van der Waals surface area (Å²) in [6.45, 7) is 2.08. The smallest absolute Gasteiger partial charge is 0.335 e. The van der Waals surface area contributed by atoms with Crippen LogP contribution in [-0.2, 0) is 6.42 Å². The van der Waals surface area contributed by atoms with E-state index in [-0.39, 0.29) is 5.56 Å². The summed E-state index contributed by atoms with van der Waals surface area (Å²) in [5, 5.41) is 12.0. The average molecular weight is 275 g/mol. The van der Waals surface area contributed by atoms with Gasteiger partial charge >= 0.3 is 5.97 Å². The highest BCUT2D eigenvalue weighted by molar-refractivity contribution is 5.87. The Morgan fingerprint density at radius 3 is 2.65 bits per heavy atom. The first-order valence-corrected chi connectivity index (χ1v) is 6.45. The Morgan fingerprint density at radius 1 is 1.20 bits per heavy atom. The second kappa shape index (κ2) is 7.35. The van der Waals surface area contributed by atoms with Crippen LogP contribution in [0.25, 0.3) is 0 Å². The summed E-state index contributed by atoms with van der Waals surface area (Å²) < 4.78 is 10.7. The minimum Gasteiger partial charge on any atom is -0.492 e. The van der Waals surface area contributed by atoms with E-state index in [4.69, 9.17) is 14.3 Å². The minimum atomic E-state index is -0.934. The maximum Gasteiger partial charge on any atom is 0.335 e. The van der Waals surface area contributed by atoms with Crippen LogP contribution in [0.1, 0.15) is 16.1 Å². The monoisotopic (exact) mass is 275 g/mol. The molecule has 0 unspecified atom stereocenters. The molecule has 0 fully saturated rings. The van der Waals surface area contributed by atoms with E-state index in [2.05, 4.69) is 5.32 Å². The van der Waals surface area contributed by atoms with Crippen LogP contribution in [0.3, 0.4) is 0 Å². The fourth-order valence-electron chi connectivity index (χ4n) is 1.73. The van der Waals surface area contributed by atoms with E-state index < -0.39 is 5.97 Å². The molecule has 5 nitrogen and oxygen atoms in total. The van der Waals surface area contributed by atoms with E-state index in [0.717, 1.165) is 25.3 Å². The van der Waals surface area contributed by atoms with E-state index in [1.165, 1.54) is 12.1 Å². The molecule has 0 saturated heterocycles. The highest BCUT2D eigenvalue weighted by atomic mass is 16.5. The van der Waals surface area contributed by atoms with Gasteiger partial charge in [0.25, 0.3) is 0 Å². The zero-order valence-electron chi connectivity index (χ0n) is 11.0. The fourth-order valence-corrected chi connectivity index (χ4v) is 1.73. The lowest BCUT2D eigenvalue weighted by Gasteiger charge is -2.07. The topological polar surface area (TPSA) is 71.7 Å². The maximum atomic E-state index is 10.7. The van der Waals surface area contributed by atoms with E-state index in [1.54, 1.807) is 18.4 Å². The van der Waals surface area contributed by atoms with Gasteiger partial charge in [-0.25, -0.2) is 4.79 Å². The van der Waals surface area contributed by atoms with Crippen LogP contribution in [-0.4, -0.2) is 30.8 Å². The van der Waals surface area contributed by atoms with Gasteiger partial charge < -0.3 is 19.6 Å². The summed E-state index contributed by atoms with van der Waals surface area (Å²) in [5.74, 6) is 0.696. The first-order chi connectivity index (χ1) is 9.75. The molecule has 1 aromatic heterocycles. The van der Waals surface area contributed by atoms with Gasteiger partial charge in [-0.2, -0.15) is 0 Å². The summed E-state index contributed by atoms with van der Waals surface area (Å²) >= 11 is 0. The van der Waals surface area contributed by atoms with Gasteiger partial charge in [0.2, 0.25) is 0 Å².